The Bertz CT molecular complexity index is 458. The first-order valence-electron chi connectivity index (χ1n) is 5.68. The molecule has 1 rings (SSSR count). The summed E-state index contributed by atoms with van der Waals surface area (Å²) in [7, 11) is 0. The van der Waals surface area contributed by atoms with Crippen LogP contribution in [0.25, 0.3) is 0 Å². The fraction of sp³-hybridized carbons (Fsp3) is 0.385. The maximum atomic E-state index is 11.8. The number of carbonyl (C=O) groups excluding carboxylic acids is 2. The minimum Gasteiger partial charge on any atom is -0.492 e. The van der Waals surface area contributed by atoms with Crippen LogP contribution in [0.3, 0.4) is 0 Å². The van der Waals surface area contributed by atoms with Gasteiger partial charge in [0.2, 0.25) is 5.91 Å². The molecule has 1 N–H and O–H groups in total. The van der Waals surface area contributed by atoms with Gasteiger partial charge in [-0.15, -0.1) is 0 Å². The topological polar surface area (TPSA) is 55.4 Å². The maximum absolute atomic E-state index is 11.8. The summed E-state index contributed by atoms with van der Waals surface area (Å²) in [5, 5.41) is 2.67. The number of carbonyl (C=O) groups is 2. The van der Waals surface area contributed by atoms with Crippen molar-refractivity contribution in [3.05, 3.63) is 23.8 Å². The first-order chi connectivity index (χ1) is 8.45. The first kappa shape index (κ1) is 14.7. The van der Waals surface area contributed by atoms with Crippen LogP contribution in [0.2, 0.25) is 0 Å². The number of hydrogen-bond acceptors (Lipinski definition) is 3. The molecule has 0 aliphatic heterocycles. The summed E-state index contributed by atoms with van der Waals surface area (Å²) in [4.78, 5) is 22.6. The average Bonchev–Trinajstić information content (AvgIpc) is 2.30. The first-order valence-corrected chi connectivity index (χ1v) is 6.60. The Hall–Kier alpha value is -1.36. The molecule has 98 valence electrons. The second-order valence-corrected chi connectivity index (χ2v) is 5.18. The van der Waals surface area contributed by atoms with Crippen molar-refractivity contribution < 1.29 is 14.3 Å². The van der Waals surface area contributed by atoms with Gasteiger partial charge in [-0.1, -0.05) is 15.9 Å². The van der Waals surface area contributed by atoms with E-state index in [9.17, 15) is 9.59 Å². The number of ketones is 1. The zero-order chi connectivity index (χ0) is 13.7. The minimum absolute atomic E-state index is 0.0228. The molecule has 0 saturated heterocycles. The lowest BCUT2D eigenvalue weighted by atomic mass is 10.1. The third-order valence-corrected chi connectivity index (χ3v) is 2.65. The Balaban J connectivity index is 3.09. The third-order valence-electron chi connectivity index (χ3n) is 2.24. The van der Waals surface area contributed by atoms with Crippen LogP contribution in [-0.4, -0.2) is 23.1 Å². The Kier molecular flexibility index (Phi) is 5.34. The molecule has 4 nitrogen and oxygen atoms in total. The molecule has 0 aliphatic rings. The van der Waals surface area contributed by atoms with Crippen molar-refractivity contribution in [3.63, 3.8) is 0 Å². The number of Topliss-reactive ketones (excluding diaryl/α,β-unsaturated/α-hetero) is 1. The van der Waals surface area contributed by atoms with Gasteiger partial charge < -0.3 is 10.1 Å². The highest BCUT2D eigenvalue weighted by molar-refractivity contribution is 9.10. The van der Waals surface area contributed by atoms with E-state index in [4.69, 9.17) is 4.74 Å². The molecule has 0 aromatic heterocycles. The summed E-state index contributed by atoms with van der Waals surface area (Å²) in [6.07, 6.45) is 0. The Morgan fingerprint density at radius 2 is 2.11 bits per heavy atom. The van der Waals surface area contributed by atoms with Gasteiger partial charge in [0.15, 0.2) is 5.78 Å². The van der Waals surface area contributed by atoms with E-state index >= 15 is 0 Å². The van der Waals surface area contributed by atoms with Crippen LogP contribution in [0, 0.1) is 0 Å². The van der Waals surface area contributed by atoms with E-state index in [0.29, 0.717) is 23.6 Å². The fourth-order valence-electron chi connectivity index (χ4n) is 1.47. The van der Waals surface area contributed by atoms with E-state index in [1.807, 2.05) is 6.92 Å². The highest BCUT2D eigenvalue weighted by Crippen LogP contribution is 2.27. The maximum Gasteiger partial charge on any atom is 0.221 e. The molecule has 0 aliphatic carbocycles. The number of amides is 1. The third kappa shape index (κ3) is 3.84. The van der Waals surface area contributed by atoms with Crippen LogP contribution >= 0.6 is 15.9 Å². The molecule has 1 amide bonds. The molecular weight excluding hydrogens is 298 g/mol. The highest BCUT2D eigenvalue weighted by Gasteiger charge is 2.15. The lowest BCUT2D eigenvalue weighted by molar-refractivity contribution is -0.114. The molecule has 1 aromatic rings. The van der Waals surface area contributed by atoms with Gasteiger partial charge >= 0.3 is 0 Å². The number of nitrogens with one attached hydrogen (secondary N) is 1. The molecule has 0 radical (unpaired) electrons. The van der Waals surface area contributed by atoms with Crippen molar-refractivity contribution in [2.24, 2.45) is 0 Å². The number of benzene rings is 1. The number of halogens is 1. The molecule has 18 heavy (non-hydrogen) atoms. The second-order valence-electron chi connectivity index (χ2n) is 3.81. The fourth-order valence-corrected chi connectivity index (χ4v) is 1.74. The molecule has 1 unspecified atom stereocenters. The predicted molar refractivity (Wildman–Crippen MR) is 74.6 cm³/mol. The van der Waals surface area contributed by atoms with E-state index < -0.39 is 0 Å². The summed E-state index contributed by atoms with van der Waals surface area (Å²) in [5.74, 6) is 0.306. The van der Waals surface area contributed by atoms with E-state index in [-0.39, 0.29) is 16.5 Å². The van der Waals surface area contributed by atoms with Crippen molar-refractivity contribution in [1.29, 1.82) is 0 Å². The monoisotopic (exact) mass is 313 g/mol. The Morgan fingerprint density at radius 3 is 2.61 bits per heavy atom. The Morgan fingerprint density at radius 1 is 1.44 bits per heavy atom. The molecule has 5 heteroatoms. The van der Waals surface area contributed by atoms with Crippen molar-refractivity contribution >= 4 is 33.3 Å². The number of rotatable bonds is 5. The van der Waals surface area contributed by atoms with Crippen LogP contribution in [0.4, 0.5) is 5.69 Å². The van der Waals surface area contributed by atoms with Gasteiger partial charge in [0, 0.05) is 12.5 Å². The molecule has 0 heterocycles. The van der Waals surface area contributed by atoms with Gasteiger partial charge in [-0.25, -0.2) is 0 Å². The molecule has 0 spiro atoms. The van der Waals surface area contributed by atoms with Crippen LogP contribution < -0.4 is 10.1 Å². The van der Waals surface area contributed by atoms with Crippen LogP contribution in [0.5, 0.6) is 5.75 Å². The van der Waals surface area contributed by atoms with Crippen LogP contribution in [-0.2, 0) is 4.79 Å². The SMILES string of the molecule is CCOc1cc(C(=O)C(C)Br)ccc1NC(C)=O. The molecule has 1 aromatic carbocycles. The lowest BCUT2D eigenvalue weighted by Crippen LogP contribution is -2.12. The summed E-state index contributed by atoms with van der Waals surface area (Å²) >= 11 is 3.24. The van der Waals surface area contributed by atoms with Crippen molar-refractivity contribution in [2.45, 2.75) is 25.6 Å². The quantitative estimate of drug-likeness (QED) is 0.671. The van der Waals surface area contributed by atoms with Crippen LogP contribution in [0.1, 0.15) is 31.1 Å². The number of hydrogen-bond donors (Lipinski definition) is 1. The zero-order valence-corrected chi connectivity index (χ0v) is 12.2. The summed E-state index contributed by atoms with van der Waals surface area (Å²) in [6.45, 7) is 5.51. The summed E-state index contributed by atoms with van der Waals surface area (Å²) in [6, 6.07) is 5.00. The smallest absolute Gasteiger partial charge is 0.221 e. The molecule has 0 saturated carbocycles. The summed E-state index contributed by atoms with van der Waals surface area (Å²) in [5.41, 5.74) is 1.13. The number of alkyl halides is 1. The molecule has 0 bridgehead atoms. The molecule has 0 fully saturated rings. The second kappa shape index (κ2) is 6.54. The predicted octanol–water partition coefficient (Wildman–Crippen LogP) is 3.01. The van der Waals surface area contributed by atoms with E-state index in [0.717, 1.165) is 0 Å². The van der Waals surface area contributed by atoms with Crippen LogP contribution in [0.15, 0.2) is 18.2 Å². The van der Waals surface area contributed by atoms with Gasteiger partial charge in [0.05, 0.1) is 17.1 Å². The molecular formula is C13H16BrNO3. The van der Waals surface area contributed by atoms with Gasteiger partial charge in [-0.05, 0) is 32.0 Å². The number of anilines is 1. The van der Waals surface area contributed by atoms with E-state index in [2.05, 4.69) is 21.2 Å². The average molecular weight is 314 g/mol. The number of ether oxygens (including phenoxy) is 1. The van der Waals surface area contributed by atoms with Crippen molar-refractivity contribution in [2.75, 3.05) is 11.9 Å². The van der Waals surface area contributed by atoms with E-state index in [1.54, 1.807) is 25.1 Å². The van der Waals surface area contributed by atoms with Gasteiger partial charge in [-0.3, -0.25) is 9.59 Å². The Labute approximate surface area is 115 Å². The molecule has 1 atom stereocenters. The zero-order valence-electron chi connectivity index (χ0n) is 10.6. The van der Waals surface area contributed by atoms with Crippen molar-refractivity contribution in [3.8, 4) is 5.75 Å². The normalized spacial score (nSPS) is 11.8. The van der Waals surface area contributed by atoms with E-state index in [1.165, 1.54) is 6.92 Å². The summed E-state index contributed by atoms with van der Waals surface area (Å²) < 4.78 is 5.43. The van der Waals surface area contributed by atoms with Gasteiger partial charge in [0.1, 0.15) is 5.75 Å². The van der Waals surface area contributed by atoms with Crippen molar-refractivity contribution in [1.82, 2.24) is 0 Å². The van der Waals surface area contributed by atoms with Gasteiger partial charge in [0.25, 0.3) is 0 Å². The largest absolute Gasteiger partial charge is 0.492 e. The minimum atomic E-state index is -0.251. The lowest BCUT2D eigenvalue weighted by Gasteiger charge is -2.12. The van der Waals surface area contributed by atoms with Gasteiger partial charge in [-0.2, -0.15) is 0 Å². The standard InChI is InChI=1S/C13H16BrNO3/c1-4-18-12-7-10(13(17)8(2)14)5-6-11(12)15-9(3)16/h5-8H,4H2,1-3H3,(H,15,16). The highest BCUT2D eigenvalue weighted by atomic mass is 79.9.